The van der Waals surface area contributed by atoms with E-state index in [0.29, 0.717) is 22.2 Å². The van der Waals surface area contributed by atoms with E-state index in [0.717, 1.165) is 45.0 Å². The molecule has 0 aliphatic carbocycles. The third kappa shape index (κ3) is 6.63. The number of esters is 1. The SMILES string of the molecule is C.COC(=O)c1ccc(Cn2cc(-c3ccc(Cl)cc3Cl)nc2C=Cc2ccc(-c3ccc(N)cc3)cc2)cc1. The molecule has 5 rings (SSSR count). The van der Waals surface area contributed by atoms with Gasteiger partial charge in [-0.3, -0.25) is 0 Å². The topological polar surface area (TPSA) is 70.1 Å². The minimum Gasteiger partial charge on any atom is -0.465 e. The molecule has 40 heavy (non-hydrogen) atoms. The first-order chi connectivity index (χ1) is 18.9. The molecule has 0 aliphatic rings. The van der Waals surface area contributed by atoms with Crippen LogP contribution in [0, 0.1) is 0 Å². The number of hydrogen-bond donors (Lipinski definition) is 1. The fourth-order valence-electron chi connectivity index (χ4n) is 4.21. The van der Waals surface area contributed by atoms with Crippen molar-refractivity contribution >= 4 is 47.0 Å². The molecule has 0 amide bonds. The van der Waals surface area contributed by atoms with Crippen LogP contribution in [-0.4, -0.2) is 22.6 Å². The summed E-state index contributed by atoms with van der Waals surface area (Å²) in [6, 6.07) is 28.8. The van der Waals surface area contributed by atoms with E-state index < -0.39 is 0 Å². The second-order valence-corrected chi connectivity index (χ2v) is 9.85. The van der Waals surface area contributed by atoms with Gasteiger partial charge in [-0.2, -0.15) is 0 Å². The minimum absolute atomic E-state index is 0. The molecule has 0 unspecified atom stereocenters. The summed E-state index contributed by atoms with van der Waals surface area (Å²) >= 11 is 12.6. The zero-order valence-electron chi connectivity index (χ0n) is 21.1. The molecule has 2 N–H and O–H groups in total. The Bertz CT molecular complexity index is 1640. The van der Waals surface area contributed by atoms with E-state index in [1.165, 1.54) is 7.11 Å². The molecule has 4 aromatic carbocycles. The lowest BCUT2D eigenvalue weighted by Crippen LogP contribution is -2.03. The molecule has 0 saturated carbocycles. The highest BCUT2D eigenvalue weighted by atomic mass is 35.5. The van der Waals surface area contributed by atoms with Gasteiger partial charge in [0.15, 0.2) is 0 Å². The minimum atomic E-state index is -0.366. The molecular formula is C33H29Cl2N3O2. The lowest BCUT2D eigenvalue weighted by atomic mass is 10.0. The van der Waals surface area contributed by atoms with Gasteiger partial charge >= 0.3 is 5.97 Å². The molecule has 0 bridgehead atoms. The van der Waals surface area contributed by atoms with Gasteiger partial charge in [0.25, 0.3) is 0 Å². The molecular weight excluding hydrogens is 541 g/mol. The van der Waals surface area contributed by atoms with Crippen LogP contribution < -0.4 is 5.73 Å². The van der Waals surface area contributed by atoms with Crippen molar-refractivity contribution in [1.82, 2.24) is 9.55 Å². The summed E-state index contributed by atoms with van der Waals surface area (Å²) in [5, 5.41) is 1.10. The largest absolute Gasteiger partial charge is 0.465 e. The Morgan fingerprint density at radius 2 is 1.55 bits per heavy atom. The van der Waals surface area contributed by atoms with Crippen molar-refractivity contribution in [2.75, 3.05) is 12.8 Å². The van der Waals surface area contributed by atoms with Crippen molar-refractivity contribution in [3.8, 4) is 22.4 Å². The van der Waals surface area contributed by atoms with Crippen LogP contribution in [0.1, 0.15) is 34.7 Å². The van der Waals surface area contributed by atoms with Crippen molar-refractivity contribution in [3.63, 3.8) is 0 Å². The van der Waals surface area contributed by atoms with E-state index in [9.17, 15) is 4.79 Å². The molecule has 7 heteroatoms. The summed E-state index contributed by atoms with van der Waals surface area (Å²) in [6.07, 6.45) is 5.97. The fourth-order valence-corrected chi connectivity index (χ4v) is 4.72. The van der Waals surface area contributed by atoms with Gasteiger partial charge in [-0.05, 0) is 70.8 Å². The Morgan fingerprint density at radius 3 is 2.17 bits per heavy atom. The first-order valence-electron chi connectivity index (χ1n) is 12.2. The summed E-state index contributed by atoms with van der Waals surface area (Å²) in [5.41, 5.74) is 12.9. The average Bonchev–Trinajstić information content (AvgIpc) is 3.34. The number of nitrogens with two attached hydrogens (primary N) is 1. The van der Waals surface area contributed by atoms with Gasteiger partial charge in [-0.1, -0.05) is 85.2 Å². The Labute approximate surface area is 244 Å². The van der Waals surface area contributed by atoms with E-state index in [4.69, 9.17) is 38.7 Å². The van der Waals surface area contributed by atoms with Crippen LogP contribution in [0.15, 0.2) is 97.2 Å². The summed E-state index contributed by atoms with van der Waals surface area (Å²) in [5.74, 6) is 0.394. The number of carbonyl (C=O) groups excluding carboxylic acids is 1. The summed E-state index contributed by atoms with van der Waals surface area (Å²) < 4.78 is 6.85. The van der Waals surface area contributed by atoms with Crippen LogP contribution in [0.25, 0.3) is 34.5 Å². The van der Waals surface area contributed by atoms with E-state index in [-0.39, 0.29) is 13.4 Å². The number of carbonyl (C=O) groups is 1. The van der Waals surface area contributed by atoms with Gasteiger partial charge in [-0.15, -0.1) is 0 Å². The molecule has 0 aliphatic heterocycles. The highest BCUT2D eigenvalue weighted by molar-refractivity contribution is 6.36. The van der Waals surface area contributed by atoms with Gasteiger partial charge in [0, 0.05) is 29.0 Å². The second-order valence-electron chi connectivity index (χ2n) is 9.00. The number of rotatable bonds is 7. The number of methoxy groups -OCH3 is 1. The number of halogens is 2. The number of aromatic nitrogens is 2. The molecule has 1 aromatic heterocycles. The van der Waals surface area contributed by atoms with E-state index in [1.54, 1.807) is 24.3 Å². The van der Waals surface area contributed by atoms with Crippen molar-refractivity contribution < 1.29 is 9.53 Å². The van der Waals surface area contributed by atoms with Gasteiger partial charge < -0.3 is 15.0 Å². The van der Waals surface area contributed by atoms with E-state index >= 15 is 0 Å². The number of nitrogens with zero attached hydrogens (tertiary/aromatic N) is 2. The van der Waals surface area contributed by atoms with Gasteiger partial charge in [-0.25, -0.2) is 9.78 Å². The number of hydrogen-bond acceptors (Lipinski definition) is 4. The van der Waals surface area contributed by atoms with E-state index in [2.05, 4.69) is 24.3 Å². The molecule has 0 radical (unpaired) electrons. The Kier molecular flexibility index (Phi) is 9.10. The predicted octanol–water partition coefficient (Wildman–Crippen LogP) is 8.75. The molecule has 202 valence electrons. The fraction of sp³-hybridized carbons (Fsp3) is 0.0909. The monoisotopic (exact) mass is 569 g/mol. The molecule has 1 heterocycles. The number of anilines is 1. The Balaban J connectivity index is 0.00000370. The number of benzene rings is 4. The Morgan fingerprint density at radius 1 is 0.900 bits per heavy atom. The van der Waals surface area contributed by atoms with Crippen molar-refractivity contribution in [1.29, 1.82) is 0 Å². The third-order valence-electron chi connectivity index (χ3n) is 6.32. The second kappa shape index (κ2) is 12.7. The van der Waals surface area contributed by atoms with Gasteiger partial charge in [0.05, 0.1) is 23.4 Å². The van der Waals surface area contributed by atoms with Crippen LogP contribution in [0.5, 0.6) is 0 Å². The predicted molar refractivity (Wildman–Crippen MR) is 167 cm³/mol. The number of nitrogen functional groups attached to an aromatic ring is 1. The van der Waals surface area contributed by atoms with Crippen LogP contribution in [-0.2, 0) is 11.3 Å². The molecule has 0 saturated heterocycles. The van der Waals surface area contributed by atoms with Crippen LogP contribution in [0.2, 0.25) is 10.0 Å². The highest BCUT2D eigenvalue weighted by Crippen LogP contribution is 2.30. The summed E-state index contributed by atoms with van der Waals surface area (Å²) in [4.78, 5) is 16.7. The van der Waals surface area contributed by atoms with Crippen molar-refractivity contribution in [2.45, 2.75) is 14.0 Å². The average molecular weight is 571 g/mol. The van der Waals surface area contributed by atoms with Crippen molar-refractivity contribution in [2.24, 2.45) is 0 Å². The molecule has 0 fully saturated rings. The highest BCUT2D eigenvalue weighted by Gasteiger charge is 2.13. The van der Waals surface area contributed by atoms with E-state index in [1.807, 2.05) is 65.4 Å². The van der Waals surface area contributed by atoms with Crippen LogP contribution >= 0.6 is 23.2 Å². The third-order valence-corrected chi connectivity index (χ3v) is 6.87. The zero-order chi connectivity index (χ0) is 27.4. The van der Waals surface area contributed by atoms with Gasteiger partial charge in [0.2, 0.25) is 0 Å². The zero-order valence-corrected chi connectivity index (χ0v) is 22.7. The maximum atomic E-state index is 11.8. The smallest absolute Gasteiger partial charge is 0.337 e. The van der Waals surface area contributed by atoms with Crippen LogP contribution in [0.3, 0.4) is 0 Å². The first-order valence-corrected chi connectivity index (χ1v) is 13.0. The first kappa shape index (κ1) is 28.7. The Hall–Kier alpha value is -4.32. The van der Waals surface area contributed by atoms with Gasteiger partial charge in [0.1, 0.15) is 5.82 Å². The standard InChI is InChI=1S/C32H25Cl2N3O2.CH4/c1-39-32(38)25-9-4-22(5-10-25)19-37-20-30(28-16-13-26(33)18-29(28)34)36-31(37)17-6-21-2-7-23(8-3-21)24-11-14-27(35)15-12-24;/h2-18,20H,19,35H2,1H3;1H4. The lowest BCUT2D eigenvalue weighted by Gasteiger charge is -2.07. The molecule has 5 nitrogen and oxygen atoms in total. The molecule has 5 aromatic rings. The number of imidazole rings is 1. The number of ether oxygens (including phenoxy) is 1. The maximum absolute atomic E-state index is 11.8. The normalized spacial score (nSPS) is 10.9. The van der Waals surface area contributed by atoms with Crippen molar-refractivity contribution in [3.05, 3.63) is 130 Å². The molecule has 0 atom stereocenters. The van der Waals surface area contributed by atoms with Crippen LogP contribution in [0.4, 0.5) is 5.69 Å². The maximum Gasteiger partial charge on any atom is 0.337 e. The molecule has 0 spiro atoms. The quantitative estimate of drug-likeness (QED) is 0.157. The summed E-state index contributed by atoms with van der Waals surface area (Å²) in [6.45, 7) is 0.551. The summed E-state index contributed by atoms with van der Waals surface area (Å²) in [7, 11) is 1.37. The lowest BCUT2D eigenvalue weighted by molar-refractivity contribution is 0.0600.